The number of fused-ring (bicyclic) bond motifs is 1. The van der Waals surface area contributed by atoms with Gasteiger partial charge >= 0.3 is 0 Å². The largest absolute Gasteiger partial charge is 0.330 e. The van der Waals surface area contributed by atoms with Crippen LogP contribution in [0.15, 0.2) is 29.6 Å². The first-order valence-electron chi connectivity index (χ1n) is 7.65. The summed E-state index contributed by atoms with van der Waals surface area (Å²) in [4.78, 5) is 2.53. The third kappa shape index (κ3) is 2.76. The molecule has 1 aliphatic carbocycles. The Morgan fingerprint density at radius 2 is 2.05 bits per heavy atom. The Kier molecular flexibility index (Phi) is 4.39. The van der Waals surface area contributed by atoms with Gasteiger partial charge in [-0.05, 0) is 54.7 Å². The van der Waals surface area contributed by atoms with Crippen LogP contribution < -0.4 is 5.73 Å². The average molecular weight is 288 g/mol. The van der Waals surface area contributed by atoms with Crippen LogP contribution in [-0.4, -0.2) is 24.5 Å². The predicted octanol–water partition coefficient (Wildman–Crippen LogP) is 3.85. The lowest BCUT2D eigenvalue weighted by Crippen LogP contribution is -2.42. The molecule has 20 heavy (non-hydrogen) atoms. The molecule has 3 heteroatoms. The maximum atomic E-state index is 5.97. The summed E-state index contributed by atoms with van der Waals surface area (Å²) in [7, 11) is 2.27. The van der Waals surface area contributed by atoms with Crippen molar-refractivity contribution in [2.24, 2.45) is 11.7 Å². The zero-order chi connectivity index (χ0) is 13.9. The van der Waals surface area contributed by atoms with E-state index in [4.69, 9.17) is 5.73 Å². The van der Waals surface area contributed by atoms with Crippen molar-refractivity contribution in [3.05, 3.63) is 35.2 Å². The quantitative estimate of drug-likeness (QED) is 0.926. The molecule has 0 saturated heterocycles. The van der Waals surface area contributed by atoms with Crippen molar-refractivity contribution in [2.75, 3.05) is 13.6 Å². The zero-order valence-corrected chi connectivity index (χ0v) is 13.0. The van der Waals surface area contributed by atoms with E-state index in [-0.39, 0.29) is 0 Å². The molecular formula is C17H24N2S. The van der Waals surface area contributed by atoms with E-state index in [2.05, 4.69) is 41.6 Å². The molecule has 0 aliphatic heterocycles. The summed E-state index contributed by atoms with van der Waals surface area (Å²) in [6.45, 7) is 1.88. The van der Waals surface area contributed by atoms with Gasteiger partial charge in [-0.1, -0.05) is 31.0 Å². The van der Waals surface area contributed by atoms with E-state index in [0.29, 0.717) is 12.0 Å². The number of hydrogen-bond acceptors (Lipinski definition) is 3. The molecule has 108 valence electrons. The summed E-state index contributed by atoms with van der Waals surface area (Å²) < 4.78 is 1.40. The highest BCUT2D eigenvalue weighted by molar-refractivity contribution is 7.17. The lowest BCUT2D eigenvalue weighted by atomic mass is 9.83. The highest BCUT2D eigenvalue weighted by Gasteiger charge is 2.27. The molecule has 0 spiro atoms. The fourth-order valence-electron chi connectivity index (χ4n) is 3.58. The van der Waals surface area contributed by atoms with E-state index in [1.807, 2.05) is 11.3 Å². The summed E-state index contributed by atoms with van der Waals surface area (Å²) in [5.74, 6) is 0.679. The Labute approximate surface area is 125 Å². The molecule has 1 saturated carbocycles. The first kappa shape index (κ1) is 14.1. The second kappa shape index (κ2) is 6.25. The normalized spacial score (nSPS) is 23.6. The Hall–Kier alpha value is -0.900. The molecule has 1 aliphatic rings. The van der Waals surface area contributed by atoms with Crippen LogP contribution in [0.4, 0.5) is 0 Å². The summed E-state index contributed by atoms with van der Waals surface area (Å²) in [6, 6.07) is 9.38. The van der Waals surface area contributed by atoms with Crippen LogP contribution in [0, 0.1) is 5.92 Å². The SMILES string of the molecule is CN(Cc1csc2ccccc12)C1CCCCC1CN. The van der Waals surface area contributed by atoms with Gasteiger partial charge in [0.25, 0.3) is 0 Å². The Balaban J connectivity index is 1.76. The van der Waals surface area contributed by atoms with Crippen LogP contribution in [-0.2, 0) is 6.54 Å². The molecule has 2 unspecified atom stereocenters. The summed E-state index contributed by atoms with van der Waals surface area (Å²) in [5, 5.41) is 3.74. The summed E-state index contributed by atoms with van der Waals surface area (Å²) >= 11 is 1.86. The van der Waals surface area contributed by atoms with Gasteiger partial charge in [0.2, 0.25) is 0 Å². The van der Waals surface area contributed by atoms with Crippen LogP contribution in [0.1, 0.15) is 31.2 Å². The first-order chi connectivity index (χ1) is 9.79. The molecule has 2 aromatic rings. The number of hydrogen-bond donors (Lipinski definition) is 1. The van der Waals surface area contributed by atoms with Crippen molar-refractivity contribution in [1.29, 1.82) is 0 Å². The van der Waals surface area contributed by atoms with Crippen molar-refractivity contribution in [2.45, 2.75) is 38.3 Å². The van der Waals surface area contributed by atoms with Gasteiger partial charge in [0, 0.05) is 17.3 Å². The van der Waals surface area contributed by atoms with Crippen molar-refractivity contribution < 1.29 is 0 Å². The second-order valence-corrected chi connectivity index (χ2v) is 6.93. The Morgan fingerprint density at radius 3 is 2.90 bits per heavy atom. The average Bonchev–Trinajstić information content (AvgIpc) is 2.90. The number of nitrogens with zero attached hydrogens (tertiary/aromatic N) is 1. The van der Waals surface area contributed by atoms with Crippen molar-refractivity contribution in [3.8, 4) is 0 Å². The van der Waals surface area contributed by atoms with Crippen LogP contribution in [0.3, 0.4) is 0 Å². The number of nitrogens with two attached hydrogens (primary N) is 1. The number of thiophene rings is 1. The van der Waals surface area contributed by atoms with Gasteiger partial charge in [0.05, 0.1) is 0 Å². The van der Waals surface area contributed by atoms with Gasteiger partial charge in [-0.3, -0.25) is 4.90 Å². The fraction of sp³-hybridized carbons (Fsp3) is 0.529. The molecule has 2 atom stereocenters. The highest BCUT2D eigenvalue weighted by Crippen LogP contribution is 2.31. The summed E-state index contributed by atoms with van der Waals surface area (Å²) in [6.07, 6.45) is 5.32. The molecule has 2 N–H and O–H groups in total. The summed E-state index contributed by atoms with van der Waals surface area (Å²) in [5.41, 5.74) is 7.44. The zero-order valence-electron chi connectivity index (χ0n) is 12.2. The van der Waals surface area contributed by atoms with Crippen molar-refractivity contribution >= 4 is 21.4 Å². The van der Waals surface area contributed by atoms with Crippen LogP contribution >= 0.6 is 11.3 Å². The molecule has 1 heterocycles. The molecular weight excluding hydrogens is 264 g/mol. The van der Waals surface area contributed by atoms with E-state index in [1.165, 1.54) is 41.3 Å². The van der Waals surface area contributed by atoms with E-state index in [0.717, 1.165) is 13.1 Å². The van der Waals surface area contributed by atoms with Gasteiger partial charge in [0.15, 0.2) is 0 Å². The monoisotopic (exact) mass is 288 g/mol. The Bertz CT molecular complexity index is 563. The minimum atomic E-state index is 0.660. The van der Waals surface area contributed by atoms with Gasteiger partial charge in [-0.25, -0.2) is 0 Å². The fourth-order valence-corrected chi connectivity index (χ4v) is 4.54. The van der Waals surface area contributed by atoms with E-state index < -0.39 is 0 Å². The molecule has 2 nitrogen and oxygen atoms in total. The van der Waals surface area contributed by atoms with E-state index in [1.54, 1.807) is 0 Å². The Morgan fingerprint density at radius 1 is 1.25 bits per heavy atom. The van der Waals surface area contributed by atoms with Gasteiger partial charge in [-0.15, -0.1) is 11.3 Å². The third-order valence-corrected chi connectivity index (χ3v) is 5.73. The molecule has 1 fully saturated rings. The predicted molar refractivity (Wildman–Crippen MR) is 88.1 cm³/mol. The maximum absolute atomic E-state index is 5.97. The maximum Gasteiger partial charge on any atom is 0.0346 e. The van der Waals surface area contributed by atoms with E-state index >= 15 is 0 Å². The van der Waals surface area contributed by atoms with Crippen molar-refractivity contribution in [3.63, 3.8) is 0 Å². The smallest absolute Gasteiger partial charge is 0.0346 e. The lowest BCUT2D eigenvalue weighted by molar-refractivity contribution is 0.128. The van der Waals surface area contributed by atoms with Crippen molar-refractivity contribution in [1.82, 2.24) is 4.90 Å². The van der Waals surface area contributed by atoms with Gasteiger partial charge < -0.3 is 5.73 Å². The number of rotatable bonds is 4. The second-order valence-electron chi connectivity index (χ2n) is 6.02. The minimum Gasteiger partial charge on any atom is -0.330 e. The standard InChI is InChI=1S/C17H24N2S/c1-19(16-8-4-2-6-13(16)10-18)11-14-12-20-17-9-5-3-7-15(14)17/h3,5,7,9,12-13,16H,2,4,6,8,10-11,18H2,1H3. The lowest BCUT2D eigenvalue weighted by Gasteiger charge is -2.37. The molecule has 3 rings (SSSR count). The molecule has 0 amide bonds. The van der Waals surface area contributed by atoms with Crippen LogP contribution in [0.2, 0.25) is 0 Å². The molecule has 0 bridgehead atoms. The topological polar surface area (TPSA) is 29.3 Å². The minimum absolute atomic E-state index is 0.660. The van der Waals surface area contributed by atoms with Gasteiger partial charge in [0.1, 0.15) is 0 Å². The molecule has 0 radical (unpaired) electrons. The molecule has 1 aromatic heterocycles. The van der Waals surface area contributed by atoms with Crippen LogP contribution in [0.25, 0.3) is 10.1 Å². The third-order valence-electron chi connectivity index (χ3n) is 4.72. The van der Waals surface area contributed by atoms with Crippen LogP contribution in [0.5, 0.6) is 0 Å². The first-order valence-corrected chi connectivity index (χ1v) is 8.53. The molecule has 1 aromatic carbocycles. The highest BCUT2D eigenvalue weighted by atomic mass is 32.1. The van der Waals surface area contributed by atoms with Gasteiger partial charge in [-0.2, -0.15) is 0 Å². The number of benzene rings is 1. The van der Waals surface area contributed by atoms with E-state index in [9.17, 15) is 0 Å².